The predicted molar refractivity (Wildman–Crippen MR) is 136 cm³/mol. The van der Waals surface area contributed by atoms with Gasteiger partial charge in [0, 0.05) is 30.2 Å². The molecule has 1 saturated heterocycles. The maximum Gasteiger partial charge on any atom is 0.328 e. The Morgan fingerprint density at radius 3 is 2.64 bits per heavy atom. The maximum atomic E-state index is 12.4. The minimum absolute atomic E-state index is 0.0713. The first kappa shape index (κ1) is 25.4. The number of nitrogens with zero attached hydrogens (tertiary/aromatic N) is 4. The summed E-state index contributed by atoms with van der Waals surface area (Å²) >= 11 is 5.89. The van der Waals surface area contributed by atoms with Crippen molar-refractivity contribution < 1.29 is 24.1 Å². The van der Waals surface area contributed by atoms with Crippen LogP contribution in [0.15, 0.2) is 48.5 Å². The van der Waals surface area contributed by atoms with Crippen molar-refractivity contribution in [1.29, 1.82) is 0 Å². The molecule has 188 valence electrons. The molecule has 1 aromatic heterocycles. The number of ether oxygens (including phenoxy) is 3. The van der Waals surface area contributed by atoms with E-state index in [2.05, 4.69) is 20.3 Å². The molecule has 4 rings (SSSR count). The van der Waals surface area contributed by atoms with E-state index in [1.807, 2.05) is 4.90 Å². The summed E-state index contributed by atoms with van der Waals surface area (Å²) in [6, 6.07) is 12.0. The van der Waals surface area contributed by atoms with E-state index in [-0.39, 0.29) is 30.9 Å². The standard InChI is InChI=1S/C25H26ClN5O5/c1-34-22-16-17(2-8-20(33)18-4-6-19(26)7-5-18)3-9-21(22)36-25-29-23(27-10-13-32)28-24(30-25)31-11-14-35-15-12-31/h2-9,16,32H,10-15H2,1H3,(H,27,28,29,30)/b8-2+. The van der Waals surface area contributed by atoms with Crippen molar-refractivity contribution >= 4 is 35.4 Å². The number of halogens is 1. The number of aromatic nitrogens is 3. The van der Waals surface area contributed by atoms with Gasteiger partial charge in [-0.1, -0.05) is 23.7 Å². The average molecular weight is 512 g/mol. The van der Waals surface area contributed by atoms with E-state index in [0.717, 1.165) is 5.56 Å². The van der Waals surface area contributed by atoms with E-state index in [4.69, 9.17) is 30.9 Å². The van der Waals surface area contributed by atoms with Gasteiger partial charge in [0.1, 0.15) is 0 Å². The number of carbonyl (C=O) groups is 1. The number of allylic oxidation sites excluding steroid dienone is 1. The monoisotopic (exact) mass is 511 g/mol. The minimum atomic E-state index is -0.144. The van der Waals surface area contributed by atoms with Gasteiger partial charge in [-0.2, -0.15) is 15.0 Å². The number of benzene rings is 2. The van der Waals surface area contributed by atoms with Crippen molar-refractivity contribution in [2.24, 2.45) is 0 Å². The largest absolute Gasteiger partial charge is 0.493 e. The summed E-state index contributed by atoms with van der Waals surface area (Å²) in [4.78, 5) is 27.6. The molecule has 1 fully saturated rings. The highest BCUT2D eigenvalue weighted by molar-refractivity contribution is 6.30. The van der Waals surface area contributed by atoms with Gasteiger partial charge in [0.15, 0.2) is 17.3 Å². The molecule has 1 aliphatic rings. The predicted octanol–water partition coefficient (Wildman–Crippen LogP) is 3.46. The SMILES string of the molecule is COc1cc(/C=C/C(=O)c2ccc(Cl)cc2)ccc1Oc1nc(NCCO)nc(N2CCOCC2)n1. The zero-order valence-electron chi connectivity index (χ0n) is 19.7. The van der Waals surface area contributed by atoms with E-state index in [1.165, 1.54) is 13.2 Å². The number of aliphatic hydroxyl groups excluding tert-OH is 1. The fraction of sp³-hybridized carbons (Fsp3) is 0.280. The lowest BCUT2D eigenvalue weighted by molar-refractivity contribution is 0.104. The second-order valence-electron chi connectivity index (χ2n) is 7.71. The molecule has 36 heavy (non-hydrogen) atoms. The molecule has 0 aliphatic carbocycles. The minimum Gasteiger partial charge on any atom is -0.493 e. The van der Waals surface area contributed by atoms with Crippen LogP contribution >= 0.6 is 11.6 Å². The lowest BCUT2D eigenvalue weighted by Crippen LogP contribution is -2.37. The first-order valence-corrected chi connectivity index (χ1v) is 11.7. The van der Waals surface area contributed by atoms with Crippen LogP contribution in [0.3, 0.4) is 0 Å². The smallest absolute Gasteiger partial charge is 0.328 e. The Balaban J connectivity index is 1.53. The van der Waals surface area contributed by atoms with Crippen molar-refractivity contribution in [3.05, 3.63) is 64.7 Å². The second-order valence-corrected chi connectivity index (χ2v) is 8.14. The number of carbonyl (C=O) groups excluding carboxylic acids is 1. The van der Waals surface area contributed by atoms with Crippen LogP contribution in [0.1, 0.15) is 15.9 Å². The highest BCUT2D eigenvalue weighted by Gasteiger charge is 2.18. The van der Waals surface area contributed by atoms with E-state index >= 15 is 0 Å². The Morgan fingerprint density at radius 2 is 1.92 bits per heavy atom. The highest BCUT2D eigenvalue weighted by Crippen LogP contribution is 2.32. The zero-order chi connectivity index (χ0) is 25.3. The molecule has 0 amide bonds. The second kappa shape index (κ2) is 12.3. The summed E-state index contributed by atoms with van der Waals surface area (Å²) in [7, 11) is 1.52. The quantitative estimate of drug-likeness (QED) is 0.309. The van der Waals surface area contributed by atoms with Crippen molar-refractivity contribution in [2.45, 2.75) is 0 Å². The lowest BCUT2D eigenvalue weighted by Gasteiger charge is -2.27. The number of aliphatic hydroxyl groups is 1. The molecule has 0 unspecified atom stereocenters. The van der Waals surface area contributed by atoms with Gasteiger partial charge >= 0.3 is 6.01 Å². The summed E-state index contributed by atoms with van der Waals surface area (Å²) < 4.78 is 16.9. The Hall–Kier alpha value is -3.73. The fourth-order valence-electron chi connectivity index (χ4n) is 3.40. The van der Waals surface area contributed by atoms with Crippen molar-refractivity contribution in [3.8, 4) is 17.5 Å². The van der Waals surface area contributed by atoms with Crippen LogP contribution in [0.2, 0.25) is 5.02 Å². The number of ketones is 1. The van der Waals surface area contributed by atoms with Crippen LogP contribution in [0.4, 0.5) is 11.9 Å². The van der Waals surface area contributed by atoms with Crippen molar-refractivity contribution in [2.75, 3.05) is 56.8 Å². The summed E-state index contributed by atoms with van der Waals surface area (Å²) in [5, 5.41) is 12.7. The van der Waals surface area contributed by atoms with Gasteiger partial charge in [0.2, 0.25) is 11.9 Å². The van der Waals surface area contributed by atoms with Gasteiger partial charge in [-0.05, 0) is 48.0 Å². The Kier molecular flexibility index (Phi) is 8.66. The molecule has 1 aliphatic heterocycles. The van der Waals surface area contributed by atoms with Crippen molar-refractivity contribution in [1.82, 2.24) is 15.0 Å². The zero-order valence-corrected chi connectivity index (χ0v) is 20.4. The van der Waals surface area contributed by atoms with Gasteiger partial charge < -0.3 is 29.5 Å². The van der Waals surface area contributed by atoms with Crippen LogP contribution < -0.4 is 19.7 Å². The summed E-state index contributed by atoms with van der Waals surface area (Å²) in [5.41, 5.74) is 1.29. The van der Waals surface area contributed by atoms with Crippen LogP contribution in [-0.4, -0.2) is 72.4 Å². The molecule has 2 N–H and O–H groups in total. The average Bonchev–Trinajstić information content (AvgIpc) is 2.92. The highest BCUT2D eigenvalue weighted by atomic mass is 35.5. The number of hydrogen-bond donors (Lipinski definition) is 2. The van der Waals surface area contributed by atoms with Crippen LogP contribution in [-0.2, 0) is 4.74 Å². The van der Waals surface area contributed by atoms with Gasteiger partial charge in [-0.25, -0.2) is 0 Å². The van der Waals surface area contributed by atoms with E-state index in [9.17, 15) is 4.79 Å². The van der Waals surface area contributed by atoms with Crippen LogP contribution in [0, 0.1) is 0 Å². The Morgan fingerprint density at radius 1 is 1.14 bits per heavy atom. The topological polar surface area (TPSA) is 119 Å². The normalized spacial score (nSPS) is 13.6. The molecule has 0 spiro atoms. The van der Waals surface area contributed by atoms with Gasteiger partial charge in [-0.15, -0.1) is 0 Å². The molecular formula is C25H26ClN5O5. The molecule has 0 radical (unpaired) electrons. The first-order valence-electron chi connectivity index (χ1n) is 11.3. The summed E-state index contributed by atoms with van der Waals surface area (Å²) in [5.74, 6) is 1.42. The van der Waals surface area contributed by atoms with Crippen molar-refractivity contribution in [3.63, 3.8) is 0 Å². The summed E-state index contributed by atoms with van der Waals surface area (Å²) in [6.07, 6.45) is 3.18. The Labute approximate surface area is 213 Å². The fourth-order valence-corrected chi connectivity index (χ4v) is 3.52. The third-order valence-corrected chi connectivity index (χ3v) is 5.49. The first-order chi connectivity index (χ1) is 17.6. The molecule has 0 atom stereocenters. The number of methoxy groups -OCH3 is 1. The van der Waals surface area contributed by atoms with Gasteiger partial charge in [0.05, 0.1) is 26.9 Å². The number of hydrogen-bond acceptors (Lipinski definition) is 10. The molecule has 10 nitrogen and oxygen atoms in total. The van der Waals surface area contributed by atoms with Crippen LogP contribution in [0.5, 0.6) is 17.5 Å². The van der Waals surface area contributed by atoms with E-state index in [0.29, 0.717) is 54.3 Å². The van der Waals surface area contributed by atoms with E-state index in [1.54, 1.807) is 48.5 Å². The maximum absolute atomic E-state index is 12.4. The number of morpholine rings is 1. The van der Waals surface area contributed by atoms with Gasteiger partial charge in [0.25, 0.3) is 0 Å². The molecule has 0 saturated carbocycles. The molecule has 11 heteroatoms. The number of anilines is 2. The summed E-state index contributed by atoms with van der Waals surface area (Å²) in [6.45, 7) is 2.64. The Bertz CT molecular complexity index is 1220. The molecule has 3 aromatic rings. The van der Waals surface area contributed by atoms with E-state index < -0.39 is 0 Å². The third-order valence-electron chi connectivity index (χ3n) is 5.24. The number of nitrogens with one attached hydrogen (secondary N) is 1. The molecule has 2 aromatic carbocycles. The number of rotatable bonds is 10. The van der Waals surface area contributed by atoms with Crippen LogP contribution in [0.25, 0.3) is 6.08 Å². The van der Waals surface area contributed by atoms with Gasteiger partial charge in [-0.3, -0.25) is 4.79 Å². The lowest BCUT2D eigenvalue weighted by atomic mass is 10.1. The molecule has 2 heterocycles. The third kappa shape index (κ3) is 6.69. The molecule has 0 bridgehead atoms. The molecular weight excluding hydrogens is 486 g/mol.